The summed E-state index contributed by atoms with van der Waals surface area (Å²) >= 11 is 0. The van der Waals surface area contributed by atoms with Gasteiger partial charge in [0.05, 0.1) is 0 Å². The van der Waals surface area contributed by atoms with Crippen LogP contribution in [0.1, 0.15) is 17.9 Å². The maximum absolute atomic E-state index is 3.34. The normalized spacial score (nSPS) is 22.8. The second-order valence-electron chi connectivity index (χ2n) is 4.34. The van der Waals surface area contributed by atoms with E-state index in [1.165, 1.54) is 22.8 Å². The van der Waals surface area contributed by atoms with Crippen molar-refractivity contribution < 1.29 is 0 Å². The van der Waals surface area contributed by atoms with Gasteiger partial charge < -0.3 is 5.32 Å². The average molecular weight is 234 g/mol. The van der Waals surface area contributed by atoms with Gasteiger partial charge in [-0.15, -0.1) is 12.4 Å². The third-order valence-electron chi connectivity index (χ3n) is 3.36. The number of benzene rings is 2. The Morgan fingerprint density at radius 3 is 2.50 bits per heavy atom. The highest BCUT2D eigenvalue weighted by Gasteiger charge is 2.36. The van der Waals surface area contributed by atoms with E-state index < -0.39 is 0 Å². The molecule has 2 aromatic rings. The topological polar surface area (TPSA) is 12.0 Å². The van der Waals surface area contributed by atoms with Crippen molar-refractivity contribution in [2.75, 3.05) is 7.05 Å². The van der Waals surface area contributed by atoms with Crippen molar-refractivity contribution >= 4 is 23.2 Å². The Balaban J connectivity index is 0.000000963. The minimum atomic E-state index is 0. The van der Waals surface area contributed by atoms with E-state index in [1.54, 1.807) is 0 Å². The van der Waals surface area contributed by atoms with Gasteiger partial charge in [0.25, 0.3) is 0 Å². The molecule has 1 fully saturated rings. The van der Waals surface area contributed by atoms with Gasteiger partial charge in [-0.25, -0.2) is 0 Å². The Bertz CT molecular complexity index is 495. The molecule has 2 atom stereocenters. The molecule has 1 saturated carbocycles. The molecule has 0 aliphatic heterocycles. The van der Waals surface area contributed by atoms with E-state index >= 15 is 0 Å². The van der Waals surface area contributed by atoms with Crippen LogP contribution in [0.3, 0.4) is 0 Å². The number of hydrogen-bond acceptors (Lipinski definition) is 1. The van der Waals surface area contributed by atoms with Crippen LogP contribution in [0.2, 0.25) is 0 Å². The molecule has 2 aromatic carbocycles. The summed E-state index contributed by atoms with van der Waals surface area (Å²) in [6, 6.07) is 16.1. The zero-order chi connectivity index (χ0) is 10.3. The summed E-state index contributed by atoms with van der Waals surface area (Å²) < 4.78 is 0. The lowest BCUT2D eigenvalue weighted by molar-refractivity contribution is 0.784. The Morgan fingerprint density at radius 2 is 1.81 bits per heavy atom. The van der Waals surface area contributed by atoms with Crippen molar-refractivity contribution in [3.63, 3.8) is 0 Å². The van der Waals surface area contributed by atoms with Gasteiger partial charge in [-0.2, -0.15) is 0 Å². The fourth-order valence-electron chi connectivity index (χ4n) is 2.32. The van der Waals surface area contributed by atoms with Crippen LogP contribution < -0.4 is 5.32 Å². The molecule has 0 spiro atoms. The Morgan fingerprint density at radius 1 is 1.06 bits per heavy atom. The maximum Gasteiger partial charge on any atom is 0.0140 e. The molecule has 1 aliphatic rings. The molecule has 2 heteroatoms. The van der Waals surface area contributed by atoms with Gasteiger partial charge >= 0.3 is 0 Å². The molecule has 2 unspecified atom stereocenters. The van der Waals surface area contributed by atoms with Crippen LogP contribution in [0.15, 0.2) is 42.5 Å². The summed E-state index contributed by atoms with van der Waals surface area (Å²) in [5.74, 6) is 0.736. The largest absolute Gasteiger partial charge is 0.316 e. The summed E-state index contributed by atoms with van der Waals surface area (Å²) in [4.78, 5) is 0. The molecular formula is C14H16ClN. The lowest BCUT2D eigenvalue weighted by atomic mass is 10.0. The summed E-state index contributed by atoms with van der Waals surface area (Å²) in [6.07, 6.45) is 1.29. The van der Waals surface area contributed by atoms with Crippen LogP contribution in [0.25, 0.3) is 10.8 Å². The predicted octanol–water partition coefficient (Wildman–Crippen LogP) is 3.34. The molecular weight excluding hydrogens is 218 g/mol. The number of nitrogens with one attached hydrogen (secondary N) is 1. The van der Waals surface area contributed by atoms with Crippen molar-refractivity contribution in [2.24, 2.45) is 0 Å². The highest BCUT2D eigenvalue weighted by molar-refractivity contribution is 5.85. The van der Waals surface area contributed by atoms with Gasteiger partial charge in [-0.1, -0.05) is 42.5 Å². The first-order chi connectivity index (χ1) is 7.38. The van der Waals surface area contributed by atoms with E-state index in [0.29, 0.717) is 6.04 Å². The second kappa shape index (κ2) is 4.44. The fraction of sp³-hybridized carbons (Fsp3) is 0.286. The van der Waals surface area contributed by atoms with E-state index in [0.717, 1.165) is 5.92 Å². The molecule has 0 radical (unpaired) electrons. The number of halogens is 1. The van der Waals surface area contributed by atoms with Gasteiger partial charge in [-0.3, -0.25) is 0 Å². The number of fused-ring (bicyclic) bond motifs is 1. The van der Waals surface area contributed by atoms with Crippen LogP contribution in [0.4, 0.5) is 0 Å². The summed E-state index contributed by atoms with van der Waals surface area (Å²) in [6.45, 7) is 0. The molecule has 16 heavy (non-hydrogen) atoms. The zero-order valence-electron chi connectivity index (χ0n) is 9.31. The van der Waals surface area contributed by atoms with Crippen molar-refractivity contribution in [1.82, 2.24) is 5.32 Å². The van der Waals surface area contributed by atoms with E-state index in [2.05, 4.69) is 47.8 Å². The minimum Gasteiger partial charge on any atom is -0.316 e. The van der Waals surface area contributed by atoms with E-state index in [9.17, 15) is 0 Å². The number of hydrogen-bond donors (Lipinski definition) is 1. The molecule has 3 rings (SSSR count). The van der Waals surface area contributed by atoms with Crippen molar-refractivity contribution in [3.8, 4) is 0 Å². The maximum atomic E-state index is 3.34. The van der Waals surface area contributed by atoms with Crippen molar-refractivity contribution in [1.29, 1.82) is 0 Å². The monoisotopic (exact) mass is 233 g/mol. The van der Waals surface area contributed by atoms with Crippen LogP contribution in [0.5, 0.6) is 0 Å². The second-order valence-corrected chi connectivity index (χ2v) is 4.34. The molecule has 0 amide bonds. The van der Waals surface area contributed by atoms with Gasteiger partial charge in [0.15, 0.2) is 0 Å². The molecule has 0 heterocycles. The lowest BCUT2D eigenvalue weighted by Crippen LogP contribution is -2.10. The molecule has 1 nitrogen and oxygen atoms in total. The molecule has 84 valence electrons. The predicted molar refractivity (Wildman–Crippen MR) is 71.4 cm³/mol. The minimum absolute atomic E-state index is 0. The fourth-order valence-corrected chi connectivity index (χ4v) is 2.32. The van der Waals surface area contributed by atoms with E-state index in [4.69, 9.17) is 0 Å². The molecule has 0 bridgehead atoms. The van der Waals surface area contributed by atoms with Gasteiger partial charge in [0, 0.05) is 12.0 Å². The first-order valence-electron chi connectivity index (χ1n) is 5.54. The highest BCUT2D eigenvalue weighted by Crippen LogP contribution is 2.41. The first kappa shape index (κ1) is 11.4. The van der Waals surface area contributed by atoms with Crippen molar-refractivity contribution in [2.45, 2.75) is 18.4 Å². The van der Waals surface area contributed by atoms with E-state index in [1.807, 2.05) is 7.05 Å². The third-order valence-corrected chi connectivity index (χ3v) is 3.36. The van der Waals surface area contributed by atoms with Gasteiger partial charge in [0.1, 0.15) is 0 Å². The van der Waals surface area contributed by atoms with Gasteiger partial charge in [-0.05, 0) is 29.8 Å². The standard InChI is InChI=1S/C14H15N.ClH/c1-15-14-9-13(14)12-7-6-10-4-2-3-5-11(10)8-12;/h2-8,13-15H,9H2,1H3;1H. The smallest absolute Gasteiger partial charge is 0.0140 e. The quantitative estimate of drug-likeness (QED) is 0.839. The Kier molecular flexibility index (Phi) is 3.17. The highest BCUT2D eigenvalue weighted by atomic mass is 35.5. The van der Waals surface area contributed by atoms with Crippen molar-refractivity contribution in [3.05, 3.63) is 48.0 Å². The zero-order valence-corrected chi connectivity index (χ0v) is 10.1. The van der Waals surface area contributed by atoms with Crippen LogP contribution >= 0.6 is 12.4 Å². The summed E-state index contributed by atoms with van der Waals surface area (Å²) in [7, 11) is 2.05. The van der Waals surface area contributed by atoms with E-state index in [-0.39, 0.29) is 12.4 Å². The number of rotatable bonds is 2. The summed E-state index contributed by atoms with van der Waals surface area (Å²) in [5.41, 5.74) is 1.48. The average Bonchev–Trinajstić information content (AvgIpc) is 3.08. The van der Waals surface area contributed by atoms with Crippen LogP contribution in [-0.4, -0.2) is 13.1 Å². The first-order valence-corrected chi connectivity index (χ1v) is 5.54. The summed E-state index contributed by atoms with van der Waals surface area (Å²) in [5, 5.41) is 6.03. The lowest BCUT2D eigenvalue weighted by Gasteiger charge is -2.02. The van der Waals surface area contributed by atoms with Crippen LogP contribution in [0, 0.1) is 0 Å². The number of likely N-dealkylation sites (N-methyl/N-ethyl adjacent to an activating group) is 1. The Labute approximate surface area is 102 Å². The van der Waals surface area contributed by atoms with Crippen LogP contribution in [-0.2, 0) is 0 Å². The molecule has 0 aromatic heterocycles. The third kappa shape index (κ3) is 1.93. The van der Waals surface area contributed by atoms with Gasteiger partial charge in [0.2, 0.25) is 0 Å². The molecule has 1 N–H and O–H groups in total. The molecule has 0 saturated heterocycles. The SMILES string of the molecule is CNC1CC1c1ccc2ccccc2c1.Cl. The molecule has 1 aliphatic carbocycles. The Hall–Kier alpha value is -1.05.